The molecule has 1 amide bonds. The van der Waals surface area contributed by atoms with Crippen molar-refractivity contribution < 1.29 is 18.3 Å². The van der Waals surface area contributed by atoms with E-state index in [1.54, 1.807) is 41.0 Å². The number of carbonyl (C=O) groups excluding carboxylic acids is 1. The molecule has 0 radical (unpaired) electrons. The summed E-state index contributed by atoms with van der Waals surface area (Å²) in [7, 11) is -3.54. The molecule has 0 unspecified atom stereocenters. The summed E-state index contributed by atoms with van der Waals surface area (Å²) in [6.07, 6.45) is 11.0. The first-order valence-electron chi connectivity index (χ1n) is 17.4. The summed E-state index contributed by atoms with van der Waals surface area (Å²) in [5.41, 5.74) is 4.20. The van der Waals surface area contributed by atoms with E-state index >= 15 is 0 Å². The molecule has 2 saturated carbocycles. The van der Waals surface area contributed by atoms with E-state index in [2.05, 4.69) is 37.8 Å². The molecular formula is C38H41N7O4S. The van der Waals surface area contributed by atoms with Crippen LogP contribution >= 0.6 is 0 Å². The second-order valence-electron chi connectivity index (χ2n) is 13.2. The minimum Gasteiger partial charge on any atom is -0.393 e. The quantitative estimate of drug-likeness (QED) is 0.168. The van der Waals surface area contributed by atoms with E-state index in [1.807, 2.05) is 36.4 Å². The van der Waals surface area contributed by atoms with Gasteiger partial charge in [-0.05, 0) is 111 Å². The van der Waals surface area contributed by atoms with Gasteiger partial charge in [0.15, 0.2) is 0 Å². The first-order valence-corrected chi connectivity index (χ1v) is 18.8. The van der Waals surface area contributed by atoms with Crippen LogP contribution in [0.5, 0.6) is 0 Å². The van der Waals surface area contributed by atoms with Crippen molar-refractivity contribution in [2.75, 3.05) is 23.7 Å². The Labute approximate surface area is 293 Å². The van der Waals surface area contributed by atoms with E-state index < -0.39 is 10.0 Å². The van der Waals surface area contributed by atoms with Gasteiger partial charge < -0.3 is 21.1 Å². The lowest BCUT2D eigenvalue weighted by molar-refractivity contribution is 0.0951. The SMILES string of the molecule is O=C(NC1CC1)c1ccnc(C#Cc2ccc(Nc3ncc(-c4ccc(S(=O)(=O)N5CCCCC5)cc4)c(NC4CCC(O)CC4)n3)cc2)c1. The van der Waals surface area contributed by atoms with Gasteiger partial charge in [-0.25, -0.2) is 18.4 Å². The molecule has 3 heterocycles. The summed E-state index contributed by atoms with van der Waals surface area (Å²) in [4.78, 5) is 26.4. The number of benzene rings is 2. The number of sulfonamides is 1. The summed E-state index contributed by atoms with van der Waals surface area (Å²) >= 11 is 0. The Hall–Kier alpha value is -4.83. The lowest BCUT2D eigenvalue weighted by Gasteiger charge is -2.27. The first-order chi connectivity index (χ1) is 24.3. The number of nitrogens with one attached hydrogen (secondary N) is 3. The zero-order chi connectivity index (χ0) is 34.5. The van der Waals surface area contributed by atoms with Crippen LogP contribution in [0, 0.1) is 11.8 Å². The monoisotopic (exact) mass is 691 g/mol. The van der Waals surface area contributed by atoms with Crippen molar-refractivity contribution in [3.8, 4) is 23.0 Å². The Balaban J connectivity index is 1.07. The number of rotatable bonds is 9. The fraction of sp³-hybridized carbons (Fsp3) is 0.368. The van der Waals surface area contributed by atoms with Crippen LogP contribution < -0.4 is 16.0 Å². The highest BCUT2D eigenvalue weighted by molar-refractivity contribution is 7.89. The summed E-state index contributed by atoms with van der Waals surface area (Å²) < 4.78 is 28.0. The number of pyridine rings is 1. The molecule has 1 aliphatic heterocycles. The smallest absolute Gasteiger partial charge is 0.251 e. The normalized spacial score (nSPS) is 19.5. The number of aliphatic hydroxyl groups excluding tert-OH is 1. The molecule has 7 rings (SSSR count). The van der Waals surface area contributed by atoms with Gasteiger partial charge in [0.2, 0.25) is 16.0 Å². The predicted molar refractivity (Wildman–Crippen MR) is 192 cm³/mol. The average Bonchev–Trinajstić information content (AvgIpc) is 3.97. The third kappa shape index (κ3) is 8.30. The lowest BCUT2D eigenvalue weighted by Crippen LogP contribution is -2.35. The van der Waals surface area contributed by atoms with Crippen LogP contribution in [-0.4, -0.2) is 70.0 Å². The summed E-state index contributed by atoms with van der Waals surface area (Å²) in [6, 6.07) is 18.3. The van der Waals surface area contributed by atoms with Crippen LogP contribution in [0.3, 0.4) is 0 Å². The van der Waals surface area contributed by atoms with Gasteiger partial charge in [-0.1, -0.05) is 24.5 Å². The Morgan fingerprint density at radius 3 is 2.28 bits per heavy atom. The molecule has 258 valence electrons. The number of amides is 1. The van der Waals surface area contributed by atoms with E-state index in [-0.39, 0.29) is 29.0 Å². The molecule has 2 aromatic carbocycles. The molecule has 12 heteroatoms. The summed E-state index contributed by atoms with van der Waals surface area (Å²) in [5.74, 6) is 7.10. The summed E-state index contributed by atoms with van der Waals surface area (Å²) in [5, 5.41) is 19.9. The minimum atomic E-state index is -3.54. The average molecular weight is 692 g/mol. The van der Waals surface area contributed by atoms with Gasteiger partial charge in [0, 0.05) is 59.9 Å². The van der Waals surface area contributed by atoms with Crippen LogP contribution in [0.15, 0.2) is 78.0 Å². The number of carbonyl (C=O) groups is 1. The van der Waals surface area contributed by atoms with E-state index in [1.165, 1.54) is 0 Å². The van der Waals surface area contributed by atoms with Crippen molar-refractivity contribution in [1.82, 2.24) is 24.6 Å². The molecule has 0 bridgehead atoms. The second-order valence-corrected chi connectivity index (χ2v) is 15.2. The molecule has 50 heavy (non-hydrogen) atoms. The van der Waals surface area contributed by atoms with Gasteiger partial charge in [0.25, 0.3) is 5.91 Å². The van der Waals surface area contributed by atoms with Crippen LogP contribution in [-0.2, 0) is 10.0 Å². The van der Waals surface area contributed by atoms with Gasteiger partial charge >= 0.3 is 0 Å². The fourth-order valence-corrected chi connectivity index (χ4v) is 7.79. The Morgan fingerprint density at radius 2 is 1.56 bits per heavy atom. The Morgan fingerprint density at radius 1 is 0.840 bits per heavy atom. The zero-order valence-electron chi connectivity index (χ0n) is 27.8. The van der Waals surface area contributed by atoms with E-state index in [9.17, 15) is 18.3 Å². The van der Waals surface area contributed by atoms with Crippen molar-refractivity contribution in [2.45, 2.75) is 80.9 Å². The van der Waals surface area contributed by atoms with Crippen molar-refractivity contribution in [3.63, 3.8) is 0 Å². The molecule has 2 aromatic heterocycles. The molecular weight excluding hydrogens is 651 g/mol. The van der Waals surface area contributed by atoms with Crippen LogP contribution in [0.4, 0.5) is 17.5 Å². The van der Waals surface area contributed by atoms with Crippen molar-refractivity contribution in [1.29, 1.82) is 0 Å². The number of hydrogen-bond acceptors (Lipinski definition) is 9. The zero-order valence-corrected chi connectivity index (χ0v) is 28.6. The summed E-state index contributed by atoms with van der Waals surface area (Å²) in [6.45, 7) is 1.11. The maximum absolute atomic E-state index is 13.2. The van der Waals surface area contributed by atoms with Gasteiger partial charge in [-0.2, -0.15) is 9.29 Å². The van der Waals surface area contributed by atoms with E-state index in [0.717, 1.165) is 80.2 Å². The van der Waals surface area contributed by atoms with Crippen LogP contribution in [0.1, 0.15) is 79.4 Å². The third-order valence-electron chi connectivity index (χ3n) is 9.36. The number of aliphatic hydroxyl groups is 1. The highest BCUT2D eigenvalue weighted by Crippen LogP contribution is 2.32. The second kappa shape index (κ2) is 15.0. The first kappa shape index (κ1) is 33.7. The van der Waals surface area contributed by atoms with Crippen molar-refractivity contribution >= 4 is 33.4 Å². The highest BCUT2D eigenvalue weighted by Gasteiger charge is 2.27. The number of aromatic nitrogens is 3. The van der Waals surface area contributed by atoms with Gasteiger partial charge in [0.05, 0.1) is 11.0 Å². The highest BCUT2D eigenvalue weighted by atomic mass is 32.2. The number of anilines is 3. The van der Waals surface area contributed by atoms with Crippen LogP contribution in [0.2, 0.25) is 0 Å². The van der Waals surface area contributed by atoms with Gasteiger partial charge in [-0.15, -0.1) is 0 Å². The number of piperidine rings is 1. The molecule has 3 aliphatic rings. The van der Waals surface area contributed by atoms with Crippen molar-refractivity contribution in [2.24, 2.45) is 0 Å². The van der Waals surface area contributed by atoms with Gasteiger partial charge in [-0.3, -0.25) is 4.79 Å². The van der Waals surface area contributed by atoms with Crippen LogP contribution in [0.25, 0.3) is 11.1 Å². The standard InChI is InChI=1S/C38H41N7O4S/c46-33-16-14-29(15-17-33)41-36-35(27-7-18-34(19-8-27)50(48,49)45-22-2-1-3-23-45)25-40-38(44-36)43-31-9-4-26(5-10-31)6-11-32-24-28(20-21-39-32)37(47)42-30-12-13-30/h4-5,7-10,18-21,24-25,29-30,33,46H,1-3,12-17,22-23H2,(H,42,47)(H2,40,41,43,44). The molecule has 3 fully saturated rings. The van der Waals surface area contributed by atoms with Crippen molar-refractivity contribution in [3.05, 3.63) is 89.9 Å². The molecule has 4 N–H and O–H groups in total. The maximum Gasteiger partial charge on any atom is 0.251 e. The largest absolute Gasteiger partial charge is 0.393 e. The third-order valence-corrected chi connectivity index (χ3v) is 11.3. The molecule has 4 aromatic rings. The predicted octanol–water partition coefficient (Wildman–Crippen LogP) is 5.46. The molecule has 11 nitrogen and oxygen atoms in total. The molecule has 0 spiro atoms. The number of hydrogen-bond donors (Lipinski definition) is 4. The lowest BCUT2D eigenvalue weighted by atomic mass is 9.93. The maximum atomic E-state index is 13.2. The molecule has 2 aliphatic carbocycles. The van der Waals surface area contributed by atoms with E-state index in [4.69, 9.17) is 4.98 Å². The minimum absolute atomic E-state index is 0.101. The van der Waals surface area contributed by atoms with Gasteiger partial charge in [0.1, 0.15) is 11.5 Å². The fourth-order valence-electron chi connectivity index (χ4n) is 6.28. The Bertz CT molecular complexity index is 1990. The number of nitrogens with zero attached hydrogens (tertiary/aromatic N) is 4. The molecule has 1 saturated heterocycles. The molecule has 0 atom stereocenters. The topological polar surface area (TPSA) is 149 Å². The van der Waals surface area contributed by atoms with E-state index in [0.29, 0.717) is 36.1 Å². The Kier molecular flexibility index (Phi) is 10.1.